The van der Waals surface area contributed by atoms with Crippen LogP contribution in [0.1, 0.15) is 20.3 Å². The van der Waals surface area contributed by atoms with Crippen molar-refractivity contribution >= 4 is 11.8 Å². The largest absolute Gasteiger partial charge is 0.336 e. The van der Waals surface area contributed by atoms with Crippen LogP contribution in [0.15, 0.2) is 11.3 Å². The van der Waals surface area contributed by atoms with Crippen LogP contribution in [-0.4, -0.2) is 54.3 Å². The van der Waals surface area contributed by atoms with Gasteiger partial charge in [0.1, 0.15) is 0 Å². The summed E-state index contributed by atoms with van der Waals surface area (Å²) in [5, 5.41) is 3.21. The number of nitrogens with one attached hydrogen (secondary N) is 1. The third-order valence-corrected chi connectivity index (χ3v) is 3.45. The van der Waals surface area contributed by atoms with Gasteiger partial charge in [-0.15, -0.1) is 0 Å². The molecule has 0 unspecified atom stereocenters. The number of hydrogen-bond donors (Lipinski definition) is 1. The first-order valence-electron chi connectivity index (χ1n) is 6.15. The average molecular weight is 237 g/mol. The molecule has 2 aliphatic rings. The van der Waals surface area contributed by atoms with E-state index in [2.05, 4.69) is 5.32 Å². The zero-order chi connectivity index (χ0) is 12.4. The van der Waals surface area contributed by atoms with Crippen LogP contribution in [0, 0.1) is 0 Å². The molecule has 0 aromatic carbocycles. The summed E-state index contributed by atoms with van der Waals surface area (Å²) < 4.78 is 0. The van der Waals surface area contributed by atoms with Crippen LogP contribution >= 0.6 is 0 Å². The van der Waals surface area contributed by atoms with Crippen molar-refractivity contribution in [2.75, 3.05) is 32.7 Å². The van der Waals surface area contributed by atoms with Crippen molar-refractivity contribution in [3.63, 3.8) is 0 Å². The average Bonchev–Trinajstić information content (AvgIpc) is 2.64. The summed E-state index contributed by atoms with van der Waals surface area (Å²) in [7, 11) is 0. The maximum atomic E-state index is 12.3. The molecule has 2 amide bonds. The van der Waals surface area contributed by atoms with Gasteiger partial charge in [0.25, 0.3) is 5.91 Å². The lowest BCUT2D eigenvalue weighted by Gasteiger charge is -2.28. The van der Waals surface area contributed by atoms with E-state index < -0.39 is 0 Å². The van der Waals surface area contributed by atoms with Crippen molar-refractivity contribution in [3.05, 3.63) is 11.3 Å². The minimum Gasteiger partial charge on any atom is -0.336 e. The Bertz CT molecular complexity index is 370. The van der Waals surface area contributed by atoms with Crippen molar-refractivity contribution < 1.29 is 9.59 Å². The molecule has 0 aliphatic carbocycles. The summed E-state index contributed by atoms with van der Waals surface area (Å²) in [6, 6.07) is 0. The highest BCUT2D eigenvalue weighted by molar-refractivity contribution is 6.02. The molecule has 0 aromatic heterocycles. The minimum atomic E-state index is 0.0355. The fraction of sp³-hybridized carbons (Fsp3) is 0.667. The van der Waals surface area contributed by atoms with Gasteiger partial charge in [0, 0.05) is 44.0 Å². The Kier molecular flexibility index (Phi) is 3.47. The van der Waals surface area contributed by atoms with Gasteiger partial charge < -0.3 is 15.1 Å². The molecule has 0 atom stereocenters. The first kappa shape index (κ1) is 12.1. The van der Waals surface area contributed by atoms with Gasteiger partial charge in [-0.3, -0.25) is 9.59 Å². The Labute approximate surface area is 101 Å². The minimum absolute atomic E-state index is 0.0355. The van der Waals surface area contributed by atoms with Gasteiger partial charge >= 0.3 is 0 Å². The molecule has 2 heterocycles. The molecule has 17 heavy (non-hydrogen) atoms. The van der Waals surface area contributed by atoms with E-state index >= 15 is 0 Å². The van der Waals surface area contributed by atoms with E-state index in [0.717, 1.165) is 31.9 Å². The van der Waals surface area contributed by atoms with E-state index in [1.54, 1.807) is 4.90 Å². The molecule has 5 nitrogen and oxygen atoms in total. The maximum absolute atomic E-state index is 12.3. The number of rotatable bonds is 2. The van der Waals surface area contributed by atoms with E-state index in [9.17, 15) is 9.59 Å². The van der Waals surface area contributed by atoms with Gasteiger partial charge in [-0.05, 0) is 13.8 Å². The van der Waals surface area contributed by atoms with Gasteiger partial charge in [0.05, 0.1) is 6.42 Å². The Morgan fingerprint density at radius 3 is 2.53 bits per heavy atom. The van der Waals surface area contributed by atoms with Crippen LogP contribution in [0.3, 0.4) is 0 Å². The number of carbonyl (C=O) groups is 2. The summed E-state index contributed by atoms with van der Waals surface area (Å²) in [6.45, 7) is 7.57. The molecule has 0 saturated carbocycles. The highest BCUT2D eigenvalue weighted by Crippen LogP contribution is 2.25. The molecule has 0 aromatic rings. The molecule has 0 bridgehead atoms. The molecule has 2 aliphatic heterocycles. The molecule has 1 saturated heterocycles. The summed E-state index contributed by atoms with van der Waals surface area (Å²) in [6.07, 6.45) is 0.266. The lowest BCUT2D eigenvalue weighted by Crippen LogP contribution is -2.46. The first-order chi connectivity index (χ1) is 8.15. The van der Waals surface area contributed by atoms with Gasteiger partial charge in [-0.25, -0.2) is 0 Å². The predicted octanol–water partition coefficient (Wildman–Crippen LogP) is -0.0556. The molecule has 0 radical (unpaired) electrons. The van der Waals surface area contributed by atoms with Gasteiger partial charge in [0.15, 0.2) is 0 Å². The number of carbonyl (C=O) groups excluding carboxylic acids is 2. The SMILES string of the molecule is CCN1C(=O)CC(C(=O)N2CCNCC2)=C1C. The monoisotopic (exact) mass is 237 g/mol. The lowest BCUT2D eigenvalue weighted by atomic mass is 10.1. The number of hydrogen-bond acceptors (Lipinski definition) is 3. The Morgan fingerprint density at radius 1 is 1.35 bits per heavy atom. The molecule has 1 fully saturated rings. The van der Waals surface area contributed by atoms with Gasteiger partial charge in [-0.2, -0.15) is 0 Å². The van der Waals surface area contributed by atoms with Crippen LogP contribution in [0.4, 0.5) is 0 Å². The number of nitrogens with zero attached hydrogens (tertiary/aromatic N) is 2. The lowest BCUT2D eigenvalue weighted by molar-refractivity contribution is -0.130. The summed E-state index contributed by atoms with van der Waals surface area (Å²) in [5.74, 6) is 0.0804. The van der Waals surface area contributed by atoms with Crippen molar-refractivity contribution in [1.82, 2.24) is 15.1 Å². The highest BCUT2D eigenvalue weighted by atomic mass is 16.2. The maximum Gasteiger partial charge on any atom is 0.252 e. The van der Waals surface area contributed by atoms with Crippen molar-refractivity contribution in [1.29, 1.82) is 0 Å². The second kappa shape index (κ2) is 4.87. The number of amides is 2. The summed E-state index contributed by atoms with van der Waals surface area (Å²) in [4.78, 5) is 27.5. The normalized spacial score (nSPS) is 21.4. The van der Waals surface area contributed by atoms with Crippen LogP contribution in [-0.2, 0) is 9.59 Å². The van der Waals surface area contributed by atoms with E-state index in [1.807, 2.05) is 18.7 Å². The standard InChI is InChI=1S/C12H19N3O2/c1-3-15-9(2)10(8-11(15)16)12(17)14-6-4-13-5-7-14/h13H,3-8H2,1-2H3. The van der Waals surface area contributed by atoms with E-state index in [-0.39, 0.29) is 18.2 Å². The van der Waals surface area contributed by atoms with Crippen LogP contribution in [0.2, 0.25) is 0 Å². The van der Waals surface area contributed by atoms with Crippen molar-refractivity contribution in [3.8, 4) is 0 Å². The van der Waals surface area contributed by atoms with Crippen LogP contribution in [0.5, 0.6) is 0 Å². The second-order valence-corrected chi connectivity index (χ2v) is 4.42. The fourth-order valence-electron chi connectivity index (χ4n) is 2.43. The molecular weight excluding hydrogens is 218 g/mol. The Balaban J connectivity index is 2.14. The Morgan fingerprint density at radius 2 is 2.00 bits per heavy atom. The summed E-state index contributed by atoms with van der Waals surface area (Å²) in [5.41, 5.74) is 1.51. The van der Waals surface area contributed by atoms with Crippen molar-refractivity contribution in [2.45, 2.75) is 20.3 Å². The second-order valence-electron chi connectivity index (χ2n) is 4.42. The zero-order valence-corrected chi connectivity index (χ0v) is 10.5. The molecule has 5 heteroatoms. The highest BCUT2D eigenvalue weighted by Gasteiger charge is 2.32. The number of piperazine rings is 1. The third kappa shape index (κ3) is 2.20. The van der Waals surface area contributed by atoms with E-state index in [1.165, 1.54) is 0 Å². The molecule has 94 valence electrons. The summed E-state index contributed by atoms with van der Waals surface area (Å²) >= 11 is 0. The van der Waals surface area contributed by atoms with Crippen LogP contribution in [0.25, 0.3) is 0 Å². The van der Waals surface area contributed by atoms with E-state index in [4.69, 9.17) is 0 Å². The van der Waals surface area contributed by atoms with Crippen molar-refractivity contribution in [2.24, 2.45) is 0 Å². The fourth-order valence-corrected chi connectivity index (χ4v) is 2.43. The van der Waals surface area contributed by atoms with Crippen LogP contribution < -0.4 is 5.32 Å². The van der Waals surface area contributed by atoms with Gasteiger partial charge in [0.2, 0.25) is 5.91 Å². The molecule has 0 spiro atoms. The van der Waals surface area contributed by atoms with Gasteiger partial charge in [-0.1, -0.05) is 0 Å². The molecule has 1 N–H and O–H groups in total. The Hall–Kier alpha value is -1.36. The molecular formula is C12H19N3O2. The first-order valence-corrected chi connectivity index (χ1v) is 6.15. The quantitative estimate of drug-likeness (QED) is 0.732. The van der Waals surface area contributed by atoms with E-state index in [0.29, 0.717) is 12.1 Å². The molecule has 2 rings (SSSR count). The third-order valence-electron chi connectivity index (χ3n) is 3.45. The smallest absolute Gasteiger partial charge is 0.252 e. The topological polar surface area (TPSA) is 52.7 Å². The number of allylic oxidation sites excluding steroid dienone is 1. The predicted molar refractivity (Wildman–Crippen MR) is 64.2 cm³/mol. The zero-order valence-electron chi connectivity index (χ0n) is 10.5.